The van der Waals surface area contributed by atoms with E-state index in [9.17, 15) is 29.8 Å². The van der Waals surface area contributed by atoms with Crippen LogP contribution in [0.3, 0.4) is 0 Å². The van der Waals surface area contributed by atoms with E-state index in [0.29, 0.717) is 16.8 Å². The highest BCUT2D eigenvalue weighted by Crippen LogP contribution is 2.21. The zero-order valence-electron chi connectivity index (χ0n) is 19.0. The first-order valence-corrected chi connectivity index (χ1v) is 10.6. The summed E-state index contributed by atoms with van der Waals surface area (Å²) < 4.78 is 10.1. The van der Waals surface area contributed by atoms with Crippen molar-refractivity contribution in [2.45, 2.75) is 6.92 Å². The Hall–Kier alpha value is -5.30. The van der Waals surface area contributed by atoms with Crippen molar-refractivity contribution in [2.24, 2.45) is 0 Å². The van der Waals surface area contributed by atoms with Gasteiger partial charge in [0.1, 0.15) is 23.0 Å². The molecule has 0 aliphatic carbocycles. The molecule has 0 spiro atoms. The van der Waals surface area contributed by atoms with Gasteiger partial charge < -0.3 is 14.8 Å². The van der Waals surface area contributed by atoms with Crippen LogP contribution in [0, 0.1) is 21.4 Å². The minimum absolute atomic E-state index is 0.125. The molecule has 3 aromatic rings. The van der Waals surface area contributed by atoms with E-state index >= 15 is 0 Å². The molecule has 0 aliphatic heterocycles. The molecule has 0 heterocycles. The second kappa shape index (κ2) is 11.7. The number of esters is 2. The molecule has 0 saturated heterocycles. The van der Waals surface area contributed by atoms with Crippen molar-refractivity contribution in [3.63, 3.8) is 0 Å². The highest BCUT2D eigenvalue weighted by molar-refractivity contribution is 6.09. The quantitative estimate of drug-likeness (QED) is 0.122. The zero-order chi connectivity index (χ0) is 26.1. The molecule has 0 atom stereocenters. The SMILES string of the molecule is CCOC(=O)c1ccc(NC(=O)C(C#N)=Cc2ccc(OC(=O)c3ccccc3[N+](=O)[O-])cc2)cc1. The largest absolute Gasteiger partial charge is 0.462 e. The van der Waals surface area contributed by atoms with Gasteiger partial charge in [-0.3, -0.25) is 14.9 Å². The number of benzene rings is 3. The predicted octanol–water partition coefficient (Wildman–Crippen LogP) is 4.54. The number of carbonyl (C=O) groups is 3. The number of hydrogen-bond acceptors (Lipinski definition) is 8. The number of para-hydroxylation sites is 1. The minimum Gasteiger partial charge on any atom is -0.462 e. The third-order valence-corrected chi connectivity index (χ3v) is 4.74. The number of carbonyl (C=O) groups excluding carboxylic acids is 3. The van der Waals surface area contributed by atoms with Gasteiger partial charge in [0, 0.05) is 11.8 Å². The monoisotopic (exact) mass is 485 g/mol. The van der Waals surface area contributed by atoms with E-state index in [-0.39, 0.29) is 29.2 Å². The summed E-state index contributed by atoms with van der Waals surface area (Å²) in [7, 11) is 0. The summed E-state index contributed by atoms with van der Waals surface area (Å²) in [6, 6.07) is 19.2. The Morgan fingerprint density at radius 3 is 2.28 bits per heavy atom. The number of ether oxygens (including phenoxy) is 2. The van der Waals surface area contributed by atoms with E-state index in [4.69, 9.17) is 9.47 Å². The molecule has 0 fully saturated rings. The van der Waals surface area contributed by atoms with E-state index in [1.807, 2.05) is 6.07 Å². The number of nitro benzene ring substituents is 1. The van der Waals surface area contributed by atoms with Gasteiger partial charge in [0.15, 0.2) is 0 Å². The second-order valence-electron chi connectivity index (χ2n) is 7.15. The van der Waals surface area contributed by atoms with Crippen molar-refractivity contribution in [3.8, 4) is 11.8 Å². The zero-order valence-corrected chi connectivity index (χ0v) is 19.0. The van der Waals surface area contributed by atoms with Crippen molar-refractivity contribution in [3.05, 3.63) is 105 Å². The van der Waals surface area contributed by atoms with E-state index in [1.165, 1.54) is 78.9 Å². The molecule has 10 nitrogen and oxygen atoms in total. The highest BCUT2D eigenvalue weighted by atomic mass is 16.6. The first-order chi connectivity index (χ1) is 17.3. The molecule has 1 amide bonds. The van der Waals surface area contributed by atoms with Crippen molar-refractivity contribution in [2.75, 3.05) is 11.9 Å². The molecule has 3 aromatic carbocycles. The van der Waals surface area contributed by atoms with Gasteiger partial charge in [0.25, 0.3) is 11.6 Å². The van der Waals surface area contributed by atoms with Crippen LogP contribution in [0.2, 0.25) is 0 Å². The van der Waals surface area contributed by atoms with Crippen LogP contribution < -0.4 is 10.1 Å². The number of anilines is 1. The Bertz CT molecular complexity index is 1370. The van der Waals surface area contributed by atoms with Gasteiger partial charge in [-0.25, -0.2) is 9.59 Å². The normalized spacial score (nSPS) is 10.6. The molecule has 180 valence electrons. The topological polar surface area (TPSA) is 149 Å². The maximum absolute atomic E-state index is 12.5. The molecule has 0 radical (unpaired) electrons. The maximum atomic E-state index is 12.5. The van der Waals surface area contributed by atoms with Gasteiger partial charge >= 0.3 is 11.9 Å². The highest BCUT2D eigenvalue weighted by Gasteiger charge is 2.21. The summed E-state index contributed by atoms with van der Waals surface area (Å²) in [5.41, 5.74) is 0.437. The minimum atomic E-state index is -0.892. The molecule has 10 heteroatoms. The van der Waals surface area contributed by atoms with E-state index in [0.717, 1.165) is 0 Å². The molecular weight excluding hydrogens is 466 g/mol. The Labute approximate surface area is 205 Å². The molecule has 36 heavy (non-hydrogen) atoms. The molecule has 0 bridgehead atoms. The number of amides is 1. The summed E-state index contributed by atoms with van der Waals surface area (Å²) in [5, 5.41) is 23.1. The molecule has 1 N–H and O–H groups in total. The van der Waals surface area contributed by atoms with Crippen molar-refractivity contribution in [1.82, 2.24) is 0 Å². The number of hydrogen-bond donors (Lipinski definition) is 1. The van der Waals surface area contributed by atoms with Gasteiger partial charge in [-0.1, -0.05) is 24.3 Å². The van der Waals surface area contributed by atoms with Crippen molar-refractivity contribution in [1.29, 1.82) is 5.26 Å². The van der Waals surface area contributed by atoms with E-state index in [2.05, 4.69) is 5.32 Å². The Morgan fingerprint density at radius 1 is 1.00 bits per heavy atom. The van der Waals surface area contributed by atoms with Crippen LogP contribution in [0.4, 0.5) is 11.4 Å². The molecule has 3 rings (SSSR count). The van der Waals surface area contributed by atoms with Gasteiger partial charge in [-0.2, -0.15) is 5.26 Å². The standard InChI is InChI=1S/C26H19N3O7/c1-2-35-25(31)18-9-11-20(12-10-18)28-24(30)19(16-27)15-17-7-13-21(14-8-17)36-26(32)22-5-3-4-6-23(22)29(33)34/h3-15H,2H2,1H3,(H,28,30). The lowest BCUT2D eigenvalue weighted by atomic mass is 10.1. The van der Waals surface area contributed by atoms with Crippen LogP contribution in [0.15, 0.2) is 78.4 Å². The maximum Gasteiger partial charge on any atom is 0.350 e. The fraction of sp³-hybridized carbons (Fsp3) is 0.0769. The van der Waals surface area contributed by atoms with Crippen LogP contribution in [0.5, 0.6) is 5.75 Å². The lowest BCUT2D eigenvalue weighted by molar-refractivity contribution is -0.385. The van der Waals surface area contributed by atoms with Crippen LogP contribution in [-0.4, -0.2) is 29.4 Å². The molecular formula is C26H19N3O7. The fourth-order valence-corrected chi connectivity index (χ4v) is 3.02. The summed E-state index contributed by atoms with van der Waals surface area (Å²) in [6.07, 6.45) is 1.34. The van der Waals surface area contributed by atoms with E-state index < -0.39 is 22.8 Å². The molecule has 0 unspecified atom stereocenters. The number of nitrogens with one attached hydrogen (secondary N) is 1. The Balaban J connectivity index is 1.68. The third kappa shape index (κ3) is 6.39. The van der Waals surface area contributed by atoms with Crippen LogP contribution in [-0.2, 0) is 9.53 Å². The predicted molar refractivity (Wildman–Crippen MR) is 129 cm³/mol. The fourth-order valence-electron chi connectivity index (χ4n) is 3.02. The van der Waals surface area contributed by atoms with Gasteiger partial charge in [-0.15, -0.1) is 0 Å². The van der Waals surface area contributed by atoms with Crippen molar-refractivity contribution < 1.29 is 28.8 Å². The van der Waals surface area contributed by atoms with Crippen LogP contribution in [0.25, 0.3) is 6.08 Å². The van der Waals surface area contributed by atoms with Gasteiger partial charge in [0.2, 0.25) is 0 Å². The average molecular weight is 485 g/mol. The summed E-state index contributed by atoms with van der Waals surface area (Å²) >= 11 is 0. The van der Waals surface area contributed by atoms with Gasteiger partial charge in [-0.05, 0) is 61.0 Å². The number of nitriles is 1. The second-order valence-corrected chi connectivity index (χ2v) is 7.15. The Kier molecular flexibility index (Phi) is 8.24. The Morgan fingerprint density at radius 2 is 1.67 bits per heavy atom. The molecule has 0 aliphatic rings. The third-order valence-electron chi connectivity index (χ3n) is 4.74. The van der Waals surface area contributed by atoms with Crippen LogP contribution in [0.1, 0.15) is 33.2 Å². The smallest absolute Gasteiger partial charge is 0.350 e. The summed E-state index contributed by atoms with van der Waals surface area (Å²) in [5.74, 6) is -1.91. The lowest BCUT2D eigenvalue weighted by Gasteiger charge is -2.07. The number of nitro groups is 1. The lowest BCUT2D eigenvalue weighted by Crippen LogP contribution is -2.13. The van der Waals surface area contributed by atoms with Crippen molar-refractivity contribution >= 4 is 35.3 Å². The van der Waals surface area contributed by atoms with Crippen LogP contribution >= 0.6 is 0 Å². The van der Waals surface area contributed by atoms with E-state index in [1.54, 1.807) is 6.92 Å². The summed E-state index contributed by atoms with van der Waals surface area (Å²) in [4.78, 5) is 47.0. The van der Waals surface area contributed by atoms with Gasteiger partial charge in [0.05, 0.1) is 17.1 Å². The first-order valence-electron chi connectivity index (χ1n) is 10.6. The number of rotatable bonds is 8. The summed E-state index contributed by atoms with van der Waals surface area (Å²) in [6.45, 7) is 1.94. The molecule has 0 aromatic heterocycles. The molecule has 0 saturated carbocycles. The first kappa shape index (κ1) is 25.3. The number of nitrogens with zero attached hydrogens (tertiary/aromatic N) is 2. The average Bonchev–Trinajstić information content (AvgIpc) is 2.88.